The minimum atomic E-state index is -0.609. The van der Waals surface area contributed by atoms with Crippen LogP contribution in [0.5, 0.6) is 0 Å². The molecule has 0 N–H and O–H groups in total. The largest absolute Gasteiger partial charge is 0.462 e. The van der Waals surface area contributed by atoms with Crippen LogP contribution in [0, 0.1) is 0 Å². The lowest BCUT2D eigenvalue weighted by Gasteiger charge is -2.12. The van der Waals surface area contributed by atoms with Crippen LogP contribution in [0.2, 0.25) is 0 Å². The Balaban J connectivity index is 2.49. The van der Waals surface area contributed by atoms with Gasteiger partial charge in [-0.2, -0.15) is 0 Å². The molecule has 396 valence electrons. The number of allylic oxidation sites excluding steroid dienone is 6. The van der Waals surface area contributed by atoms with Gasteiger partial charge in [-0.25, -0.2) is 14.4 Å². The van der Waals surface area contributed by atoms with E-state index < -0.39 is 17.9 Å². The molecule has 0 aliphatic rings. The Morgan fingerprint density at radius 2 is 0.551 bits per heavy atom. The molecule has 0 saturated heterocycles. The fourth-order valence-electron chi connectivity index (χ4n) is 8.80. The molecular weight excluding hydrogens is 853 g/mol. The lowest BCUT2D eigenvalue weighted by Crippen LogP contribution is -2.17. The summed E-state index contributed by atoms with van der Waals surface area (Å²) in [7, 11) is 0. The van der Waals surface area contributed by atoms with Crippen LogP contribution in [0.15, 0.2) is 54.7 Å². The molecule has 0 fully saturated rings. The minimum absolute atomic E-state index is 0.0605. The molecule has 0 aliphatic heterocycles. The Kier molecular flexibility index (Phi) is 47.4. The second-order valence-electron chi connectivity index (χ2n) is 20.0. The summed E-state index contributed by atoms with van der Waals surface area (Å²) in [5.74, 6) is -1.67. The first-order valence-electron chi connectivity index (χ1n) is 29.6. The number of ether oxygens (including phenoxy) is 3. The molecule has 0 bridgehead atoms. The first-order valence-corrected chi connectivity index (χ1v) is 29.6. The molecule has 0 saturated carbocycles. The van der Waals surface area contributed by atoms with Gasteiger partial charge in [0.05, 0.1) is 36.5 Å². The first-order chi connectivity index (χ1) is 34.0. The number of rotatable bonds is 51. The first kappa shape index (κ1) is 63.9. The van der Waals surface area contributed by atoms with Crippen LogP contribution in [-0.4, -0.2) is 37.7 Å². The van der Waals surface area contributed by atoms with Gasteiger partial charge < -0.3 is 14.2 Å². The van der Waals surface area contributed by atoms with Crippen molar-refractivity contribution in [2.24, 2.45) is 0 Å². The van der Waals surface area contributed by atoms with Crippen molar-refractivity contribution >= 4 is 17.9 Å². The van der Waals surface area contributed by atoms with E-state index >= 15 is 0 Å². The summed E-state index contributed by atoms with van der Waals surface area (Å²) < 4.78 is 17.0. The highest BCUT2D eigenvalue weighted by Gasteiger charge is 2.22. The van der Waals surface area contributed by atoms with Crippen LogP contribution in [-0.2, 0) is 14.2 Å². The predicted molar refractivity (Wildman–Crippen MR) is 296 cm³/mol. The molecule has 6 heteroatoms. The Morgan fingerprint density at radius 3 is 0.855 bits per heavy atom. The Hall–Kier alpha value is -3.15. The van der Waals surface area contributed by atoms with Crippen molar-refractivity contribution in [3.8, 4) is 0 Å². The molecule has 69 heavy (non-hydrogen) atoms. The van der Waals surface area contributed by atoms with Gasteiger partial charge >= 0.3 is 17.9 Å². The summed E-state index contributed by atoms with van der Waals surface area (Å²) in [5.41, 5.74) is 0.427. The second kappa shape index (κ2) is 51.2. The van der Waals surface area contributed by atoms with Gasteiger partial charge in [0.1, 0.15) is 0 Å². The minimum Gasteiger partial charge on any atom is -0.462 e. The standard InChI is InChI=1S/C63H108O6/c1-4-7-10-13-16-19-22-25-28-31-34-37-40-43-46-49-54-67-61(64)58-52-53-59(62(65)68-55-50-47-44-41-38-35-32-29-26-23-20-17-14-11-8-5-2)60(57-58)63(66)69-56-51-48-45-42-39-36-33-30-27-24-21-18-15-12-9-6-3/h31-36,52-53,57H,4-30,37-51,54-56H2,1-3H3/b34-31+,35-32+,36-33+. The zero-order valence-corrected chi connectivity index (χ0v) is 45.5. The molecule has 6 nitrogen and oxygen atoms in total. The van der Waals surface area contributed by atoms with Crippen LogP contribution in [0.4, 0.5) is 0 Å². The highest BCUT2D eigenvalue weighted by molar-refractivity contribution is 6.05. The quantitative estimate of drug-likeness (QED) is 0.0280. The maximum atomic E-state index is 13.5. The molecule has 0 spiro atoms. The summed E-state index contributed by atoms with van der Waals surface area (Å²) in [5, 5.41) is 0. The third-order valence-electron chi connectivity index (χ3n) is 13.4. The summed E-state index contributed by atoms with van der Waals surface area (Å²) in [6.45, 7) is 7.68. The monoisotopic (exact) mass is 961 g/mol. The molecule has 0 atom stereocenters. The second-order valence-corrected chi connectivity index (χ2v) is 20.0. The van der Waals surface area contributed by atoms with Crippen molar-refractivity contribution in [1.82, 2.24) is 0 Å². The highest BCUT2D eigenvalue weighted by Crippen LogP contribution is 2.19. The van der Waals surface area contributed by atoms with E-state index in [1.54, 1.807) is 6.07 Å². The van der Waals surface area contributed by atoms with E-state index in [4.69, 9.17) is 14.2 Å². The van der Waals surface area contributed by atoms with E-state index in [9.17, 15) is 14.4 Å². The van der Waals surface area contributed by atoms with Crippen LogP contribution in [0.1, 0.15) is 322 Å². The third-order valence-corrected chi connectivity index (χ3v) is 13.4. The van der Waals surface area contributed by atoms with E-state index in [2.05, 4.69) is 57.2 Å². The van der Waals surface area contributed by atoms with Gasteiger partial charge in [0.2, 0.25) is 0 Å². The topological polar surface area (TPSA) is 78.9 Å². The lowest BCUT2D eigenvalue weighted by atomic mass is 10.0. The van der Waals surface area contributed by atoms with Crippen molar-refractivity contribution in [2.45, 2.75) is 290 Å². The van der Waals surface area contributed by atoms with Gasteiger partial charge in [-0.1, -0.05) is 231 Å². The van der Waals surface area contributed by atoms with Gasteiger partial charge in [0.15, 0.2) is 0 Å². The maximum absolute atomic E-state index is 13.5. The average Bonchev–Trinajstić information content (AvgIpc) is 3.36. The van der Waals surface area contributed by atoms with Crippen molar-refractivity contribution in [3.05, 3.63) is 71.3 Å². The fraction of sp³-hybridized carbons (Fsp3) is 0.762. The Labute approximate surface area is 426 Å². The highest BCUT2D eigenvalue weighted by atomic mass is 16.5. The van der Waals surface area contributed by atoms with Gasteiger partial charge in [-0.15, -0.1) is 0 Å². The van der Waals surface area contributed by atoms with Crippen molar-refractivity contribution in [2.75, 3.05) is 19.8 Å². The predicted octanol–water partition coefficient (Wildman–Crippen LogP) is 20.3. The molecule has 0 heterocycles. The van der Waals surface area contributed by atoms with Crippen LogP contribution in [0.25, 0.3) is 0 Å². The third kappa shape index (κ3) is 41.2. The number of hydrogen-bond donors (Lipinski definition) is 0. The van der Waals surface area contributed by atoms with Crippen molar-refractivity contribution in [3.63, 3.8) is 0 Å². The van der Waals surface area contributed by atoms with E-state index in [0.717, 1.165) is 96.3 Å². The molecule has 1 aromatic rings. The van der Waals surface area contributed by atoms with Crippen molar-refractivity contribution in [1.29, 1.82) is 0 Å². The number of esters is 3. The maximum Gasteiger partial charge on any atom is 0.339 e. The molecule has 0 aliphatic carbocycles. The average molecular weight is 962 g/mol. The Morgan fingerprint density at radius 1 is 0.304 bits per heavy atom. The number of unbranched alkanes of at least 4 members (excludes halogenated alkanes) is 36. The van der Waals surface area contributed by atoms with E-state index in [0.29, 0.717) is 6.61 Å². The molecular formula is C63H108O6. The molecule has 0 radical (unpaired) electrons. The zero-order valence-electron chi connectivity index (χ0n) is 45.5. The number of carbonyl (C=O) groups excluding carboxylic acids is 3. The van der Waals surface area contributed by atoms with Crippen molar-refractivity contribution < 1.29 is 28.6 Å². The smallest absolute Gasteiger partial charge is 0.339 e. The van der Waals surface area contributed by atoms with E-state index in [1.807, 2.05) is 0 Å². The molecule has 0 amide bonds. The molecule has 1 aromatic carbocycles. The molecule has 0 unspecified atom stereocenters. The zero-order chi connectivity index (χ0) is 49.8. The number of carbonyl (C=O) groups is 3. The van der Waals surface area contributed by atoms with E-state index in [1.165, 1.54) is 185 Å². The SMILES string of the molecule is CCCCCCCCCC/C=C/CCCCCCOC(=O)c1ccc(C(=O)OCCCCCC/C=C/CCCCCCCCCC)c(C(=O)OCCCCCC/C=C/CCCCCCCCCC)c1. The number of hydrogen-bond acceptors (Lipinski definition) is 6. The molecule has 0 aromatic heterocycles. The summed E-state index contributed by atoms with van der Waals surface area (Å²) >= 11 is 0. The molecule has 1 rings (SSSR count). The van der Waals surface area contributed by atoms with Crippen LogP contribution in [0.3, 0.4) is 0 Å². The fourth-order valence-corrected chi connectivity index (χ4v) is 8.80. The summed E-state index contributed by atoms with van der Waals surface area (Å²) in [6, 6.07) is 4.52. The lowest BCUT2D eigenvalue weighted by molar-refractivity contribution is 0.0448. The summed E-state index contributed by atoms with van der Waals surface area (Å²) in [6.07, 6.45) is 65.2. The normalized spacial score (nSPS) is 11.7. The van der Waals surface area contributed by atoms with E-state index in [-0.39, 0.29) is 29.9 Å². The van der Waals surface area contributed by atoms with Gasteiger partial charge in [-0.05, 0) is 115 Å². The summed E-state index contributed by atoms with van der Waals surface area (Å²) in [4.78, 5) is 39.9. The van der Waals surface area contributed by atoms with Gasteiger partial charge in [0, 0.05) is 0 Å². The van der Waals surface area contributed by atoms with Gasteiger partial charge in [0.25, 0.3) is 0 Å². The van der Waals surface area contributed by atoms with Gasteiger partial charge in [-0.3, -0.25) is 0 Å². The Bertz CT molecular complexity index is 1410. The van der Waals surface area contributed by atoms with Crippen LogP contribution < -0.4 is 0 Å². The number of benzene rings is 1. The van der Waals surface area contributed by atoms with Crippen LogP contribution >= 0.6 is 0 Å².